The molecular weight excluding hydrogens is 206 g/mol. The van der Waals surface area contributed by atoms with E-state index < -0.39 is 6.10 Å². The summed E-state index contributed by atoms with van der Waals surface area (Å²) >= 11 is 0. The van der Waals surface area contributed by atoms with Gasteiger partial charge in [-0.15, -0.1) is 0 Å². The second-order valence-electron chi connectivity index (χ2n) is 4.52. The van der Waals surface area contributed by atoms with Crippen LogP contribution in [-0.4, -0.2) is 30.4 Å². The van der Waals surface area contributed by atoms with E-state index in [9.17, 15) is 5.11 Å². The standard InChI is InChI=1S/C12H15NO3/c1-7-11-8(4-13(2)5-9(11)14)3-10-12(7)16-6-15-10/h3,9,14H,4-6H2,1-2H3/t9-/m1/s1. The Balaban J connectivity index is 2.18. The largest absolute Gasteiger partial charge is 0.454 e. The Bertz CT molecular complexity index is 444. The highest BCUT2D eigenvalue weighted by Gasteiger charge is 2.29. The van der Waals surface area contributed by atoms with Crippen molar-refractivity contribution >= 4 is 0 Å². The summed E-state index contributed by atoms with van der Waals surface area (Å²) in [4.78, 5) is 2.11. The predicted octanol–water partition coefficient (Wildman–Crippen LogP) is 1.20. The summed E-state index contributed by atoms with van der Waals surface area (Å²) in [6, 6.07) is 1.99. The first-order chi connectivity index (χ1) is 7.66. The number of rotatable bonds is 0. The number of nitrogens with zero attached hydrogens (tertiary/aromatic N) is 1. The molecule has 2 aliphatic rings. The number of aliphatic hydroxyl groups is 1. The van der Waals surface area contributed by atoms with E-state index in [0.717, 1.165) is 34.7 Å². The zero-order valence-corrected chi connectivity index (χ0v) is 9.49. The normalized spacial score (nSPS) is 23.3. The fraction of sp³-hybridized carbons (Fsp3) is 0.500. The molecule has 0 radical (unpaired) electrons. The number of β-amino-alcohol motifs (C(OH)–C–C–N with tert-alkyl or cyclic N) is 1. The van der Waals surface area contributed by atoms with E-state index in [1.54, 1.807) is 0 Å². The number of aliphatic hydroxyl groups excluding tert-OH is 1. The molecule has 16 heavy (non-hydrogen) atoms. The molecular formula is C12H15NO3. The third-order valence-corrected chi connectivity index (χ3v) is 3.30. The number of benzene rings is 1. The van der Waals surface area contributed by atoms with E-state index in [1.165, 1.54) is 0 Å². The quantitative estimate of drug-likeness (QED) is 0.715. The van der Waals surface area contributed by atoms with Gasteiger partial charge in [-0.25, -0.2) is 0 Å². The first-order valence-electron chi connectivity index (χ1n) is 5.45. The van der Waals surface area contributed by atoms with Gasteiger partial charge in [0.2, 0.25) is 6.79 Å². The lowest BCUT2D eigenvalue weighted by Crippen LogP contribution is -2.30. The van der Waals surface area contributed by atoms with Crippen LogP contribution in [0.4, 0.5) is 0 Å². The van der Waals surface area contributed by atoms with Crippen molar-refractivity contribution in [2.75, 3.05) is 20.4 Å². The van der Waals surface area contributed by atoms with Crippen molar-refractivity contribution in [2.24, 2.45) is 0 Å². The van der Waals surface area contributed by atoms with Crippen molar-refractivity contribution in [2.45, 2.75) is 19.6 Å². The van der Waals surface area contributed by atoms with Gasteiger partial charge in [0.15, 0.2) is 11.5 Å². The summed E-state index contributed by atoms with van der Waals surface area (Å²) in [6.07, 6.45) is -0.428. The molecule has 0 saturated carbocycles. The highest BCUT2D eigenvalue weighted by molar-refractivity contribution is 5.56. The van der Waals surface area contributed by atoms with Crippen LogP contribution >= 0.6 is 0 Å². The van der Waals surface area contributed by atoms with Crippen LogP contribution in [0, 0.1) is 6.92 Å². The van der Waals surface area contributed by atoms with E-state index in [2.05, 4.69) is 4.90 Å². The summed E-state index contributed by atoms with van der Waals surface area (Å²) in [7, 11) is 2.01. The Labute approximate surface area is 94.4 Å². The van der Waals surface area contributed by atoms with Crippen molar-refractivity contribution in [3.05, 3.63) is 22.8 Å². The molecule has 0 spiro atoms. The van der Waals surface area contributed by atoms with Crippen LogP contribution in [0.25, 0.3) is 0 Å². The molecule has 0 unspecified atom stereocenters. The van der Waals surface area contributed by atoms with Crippen LogP contribution in [0.2, 0.25) is 0 Å². The third-order valence-electron chi connectivity index (χ3n) is 3.30. The maximum atomic E-state index is 10.1. The van der Waals surface area contributed by atoms with Crippen LogP contribution in [0.3, 0.4) is 0 Å². The minimum atomic E-state index is -0.428. The number of fused-ring (bicyclic) bond motifs is 2. The maximum Gasteiger partial charge on any atom is 0.231 e. The molecule has 3 rings (SSSR count). The van der Waals surface area contributed by atoms with E-state index in [1.807, 2.05) is 20.0 Å². The van der Waals surface area contributed by atoms with Gasteiger partial charge in [0.05, 0.1) is 6.10 Å². The Hall–Kier alpha value is -1.26. The van der Waals surface area contributed by atoms with Gasteiger partial charge >= 0.3 is 0 Å². The summed E-state index contributed by atoms with van der Waals surface area (Å²) < 4.78 is 10.8. The first kappa shape index (κ1) is 9.93. The Morgan fingerprint density at radius 2 is 2.25 bits per heavy atom. The van der Waals surface area contributed by atoms with Crippen LogP contribution < -0.4 is 9.47 Å². The second kappa shape index (κ2) is 3.37. The Kier molecular flexibility index (Phi) is 2.09. The number of ether oxygens (including phenoxy) is 2. The molecule has 2 aliphatic heterocycles. The molecule has 4 nitrogen and oxygen atoms in total. The Morgan fingerprint density at radius 1 is 1.44 bits per heavy atom. The van der Waals surface area contributed by atoms with Gasteiger partial charge in [0.25, 0.3) is 0 Å². The van der Waals surface area contributed by atoms with Gasteiger partial charge in [0, 0.05) is 18.7 Å². The van der Waals surface area contributed by atoms with Gasteiger partial charge in [-0.05, 0) is 31.2 Å². The second-order valence-corrected chi connectivity index (χ2v) is 4.52. The predicted molar refractivity (Wildman–Crippen MR) is 58.6 cm³/mol. The van der Waals surface area contributed by atoms with E-state index in [0.29, 0.717) is 6.54 Å². The lowest BCUT2D eigenvalue weighted by atomic mass is 9.92. The molecule has 2 heterocycles. The van der Waals surface area contributed by atoms with Crippen molar-refractivity contribution in [1.29, 1.82) is 0 Å². The van der Waals surface area contributed by atoms with Crippen LogP contribution in [0.5, 0.6) is 11.5 Å². The number of likely N-dealkylation sites (N-methyl/N-ethyl adjacent to an activating group) is 1. The molecule has 0 fully saturated rings. The average molecular weight is 221 g/mol. The molecule has 1 aromatic carbocycles. The lowest BCUT2D eigenvalue weighted by molar-refractivity contribution is 0.107. The zero-order valence-electron chi connectivity index (χ0n) is 9.49. The highest BCUT2D eigenvalue weighted by atomic mass is 16.7. The van der Waals surface area contributed by atoms with Gasteiger partial charge < -0.3 is 14.6 Å². The minimum Gasteiger partial charge on any atom is -0.454 e. The molecule has 0 aromatic heterocycles. The van der Waals surface area contributed by atoms with Gasteiger partial charge in [-0.1, -0.05) is 0 Å². The van der Waals surface area contributed by atoms with Gasteiger partial charge in [-0.3, -0.25) is 4.90 Å². The number of hydrogen-bond donors (Lipinski definition) is 1. The molecule has 0 bridgehead atoms. The third kappa shape index (κ3) is 1.30. The van der Waals surface area contributed by atoms with Crippen LogP contribution in [-0.2, 0) is 6.54 Å². The molecule has 86 valence electrons. The van der Waals surface area contributed by atoms with Gasteiger partial charge in [-0.2, -0.15) is 0 Å². The van der Waals surface area contributed by atoms with Crippen LogP contribution in [0.15, 0.2) is 6.07 Å². The van der Waals surface area contributed by atoms with E-state index in [-0.39, 0.29) is 6.79 Å². The van der Waals surface area contributed by atoms with E-state index in [4.69, 9.17) is 9.47 Å². The first-order valence-corrected chi connectivity index (χ1v) is 5.45. The molecule has 0 saturated heterocycles. The molecule has 1 N–H and O–H groups in total. The summed E-state index contributed by atoms with van der Waals surface area (Å²) in [5.74, 6) is 1.60. The number of hydrogen-bond acceptors (Lipinski definition) is 4. The molecule has 1 atom stereocenters. The SMILES string of the molecule is Cc1c2c(cc3c1[C@H](O)CN(C)C3)OCO2. The maximum absolute atomic E-state index is 10.1. The highest BCUT2D eigenvalue weighted by Crippen LogP contribution is 2.42. The smallest absolute Gasteiger partial charge is 0.231 e. The molecule has 1 aromatic rings. The van der Waals surface area contributed by atoms with E-state index >= 15 is 0 Å². The summed E-state index contributed by atoms with van der Waals surface area (Å²) in [6.45, 7) is 3.79. The van der Waals surface area contributed by atoms with Crippen molar-refractivity contribution in [3.63, 3.8) is 0 Å². The zero-order chi connectivity index (χ0) is 11.3. The summed E-state index contributed by atoms with van der Waals surface area (Å²) in [5.41, 5.74) is 3.18. The van der Waals surface area contributed by atoms with Gasteiger partial charge in [0.1, 0.15) is 0 Å². The minimum absolute atomic E-state index is 0.283. The fourth-order valence-electron chi connectivity index (χ4n) is 2.62. The average Bonchev–Trinajstić information content (AvgIpc) is 2.64. The molecule has 4 heteroatoms. The Morgan fingerprint density at radius 3 is 3.06 bits per heavy atom. The molecule has 0 aliphatic carbocycles. The lowest BCUT2D eigenvalue weighted by Gasteiger charge is -2.30. The van der Waals surface area contributed by atoms with Crippen molar-refractivity contribution in [3.8, 4) is 11.5 Å². The monoisotopic (exact) mass is 221 g/mol. The molecule has 0 amide bonds. The van der Waals surface area contributed by atoms with Crippen molar-refractivity contribution < 1.29 is 14.6 Å². The van der Waals surface area contributed by atoms with Crippen molar-refractivity contribution in [1.82, 2.24) is 4.90 Å². The fourth-order valence-corrected chi connectivity index (χ4v) is 2.62. The summed E-state index contributed by atoms with van der Waals surface area (Å²) in [5, 5.41) is 10.1. The topological polar surface area (TPSA) is 41.9 Å². The van der Waals surface area contributed by atoms with Crippen LogP contribution in [0.1, 0.15) is 22.8 Å².